The summed E-state index contributed by atoms with van der Waals surface area (Å²) in [5.74, 6) is 1.56. The Morgan fingerprint density at radius 2 is 1.80 bits per heavy atom. The highest BCUT2D eigenvalue weighted by atomic mass is 16.7. The summed E-state index contributed by atoms with van der Waals surface area (Å²) in [5.41, 5.74) is 5.72. The summed E-state index contributed by atoms with van der Waals surface area (Å²) in [4.78, 5) is 32.3. The van der Waals surface area contributed by atoms with Crippen molar-refractivity contribution >= 4 is 34.6 Å². The predicted octanol–water partition coefficient (Wildman–Crippen LogP) is 6.05. The molecule has 1 amide bonds. The molecule has 10 nitrogen and oxygen atoms in total. The highest BCUT2D eigenvalue weighted by Crippen LogP contribution is 2.40. The Labute approximate surface area is 264 Å². The zero-order valence-corrected chi connectivity index (χ0v) is 25.8. The van der Waals surface area contributed by atoms with E-state index in [0.29, 0.717) is 35.4 Å². The number of hydrogen-bond donors (Lipinski definition) is 2. The molecule has 1 atom stereocenters. The van der Waals surface area contributed by atoms with E-state index in [9.17, 15) is 4.79 Å². The number of methoxy groups -OCH3 is 1. The van der Waals surface area contributed by atoms with Crippen molar-refractivity contribution < 1.29 is 14.4 Å². The Morgan fingerprint density at radius 1 is 1.00 bits per heavy atom. The van der Waals surface area contributed by atoms with Gasteiger partial charge >= 0.3 is 0 Å². The number of hydroxylamine groups is 1. The summed E-state index contributed by atoms with van der Waals surface area (Å²) < 4.78 is 5.82. The zero-order chi connectivity index (χ0) is 31.2. The standard InChI is InChI=1S/C35H39N7O3/c1-4-35(43)39-28-21-29(32(44-3)22-31(28)41-17-15-40(5-2)16-18-41)38-33-23-34(37-24-36-33)42-30(14-19-45-42)27-13-9-12-26(20-27)25-10-7-6-8-11-25/h4,6-13,20-24,30H,1,5,14-19H2,2-3H3,(H,39,43)(H,36,37,38)/t30-/m1/s1. The van der Waals surface area contributed by atoms with Crippen molar-refractivity contribution in [2.75, 3.05) is 67.0 Å². The molecule has 232 valence electrons. The number of nitrogens with zero attached hydrogens (tertiary/aromatic N) is 5. The molecule has 0 aliphatic carbocycles. The van der Waals surface area contributed by atoms with Gasteiger partial charge < -0.3 is 25.2 Å². The Morgan fingerprint density at radius 3 is 2.56 bits per heavy atom. The van der Waals surface area contributed by atoms with Gasteiger partial charge in [-0.2, -0.15) is 0 Å². The van der Waals surface area contributed by atoms with E-state index in [1.54, 1.807) is 7.11 Å². The summed E-state index contributed by atoms with van der Waals surface area (Å²) in [5, 5.41) is 8.24. The van der Waals surface area contributed by atoms with E-state index < -0.39 is 0 Å². The van der Waals surface area contributed by atoms with E-state index in [1.807, 2.05) is 29.3 Å². The van der Waals surface area contributed by atoms with E-state index in [-0.39, 0.29) is 11.9 Å². The molecule has 2 fully saturated rings. The number of benzene rings is 3. The van der Waals surface area contributed by atoms with Gasteiger partial charge in [-0.25, -0.2) is 15.0 Å². The van der Waals surface area contributed by atoms with E-state index in [4.69, 9.17) is 9.57 Å². The second-order valence-electron chi connectivity index (χ2n) is 11.0. The molecule has 0 spiro atoms. The average Bonchev–Trinajstić information content (AvgIpc) is 3.59. The van der Waals surface area contributed by atoms with Crippen molar-refractivity contribution in [3.63, 3.8) is 0 Å². The Kier molecular flexibility index (Phi) is 9.23. The largest absolute Gasteiger partial charge is 0.494 e. The summed E-state index contributed by atoms with van der Waals surface area (Å²) in [6.45, 7) is 11.0. The molecule has 10 heteroatoms. The van der Waals surface area contributed by atoms with Gasteiger partial charge in [0.1, 0.15) is 17.9 Å². The highest BCUT2D eigenvalue weighted by Gasteiger charge is 2.30. The fraction of sp³-hybridized carbons (Fsp3) is 0.286. The maximum Gasteiger partial charge on any atom is 0.247 e. The van der Waals surface area contributed by atoms with Gasteiger partial charge in [-0.05, 0) is 41.4 Å². The van der Waals surface area contributed by atoms with Crippen LogP contribution in [-0.2, 0) is 9.63 Å². The third kappa shape index (κ3) is 6.77. The number of nitrogens with one attached hydrogen (secondary N) is 2. The second kappa shape index (κ2) is 13.8. The van der Waals surface area contributed by atoms with Gasteiger partial charge in [0.05, 0.1) is 36.8 Å². The quantitative estimate of drug-likeness (QED) is 0.210. The molecule has 0 unspecified atom stereocenters. The van der Waals surface area contributed by atoms with Crippen LogP contribution in [0.15, 0.2) is 91.8 Å². The van der Waals surface area contributed by atoms with Crippen LogP contribution in [0.5, 0.6) is 5.75 Å². The molecule has 0 saturated carbocycles. The maximum atomic E-state index is 12.4. The number of amides is 1. The van der Waals surface area contributed by atoms with E-state index in [2.05, 4.69) is 92.4 Å². The summed E-state index contributed by atoms with van der Waals surface area (Å²) in [6.07, 6.45) is 3.62. The number of piperazine rings is 1. The SMILES string of the molecule is C=CC(=O)Nc1cc(Nc2cc(N3OCC[C@@H]3c3cccc(-c4ccccc4)c3)ncn2)c(OC)cc1N1CCN(CC)CC1. The Hall–Kier alpha value is -4.93. The molecule has 45 heavy (non-hydrogen) atoms. The van der Waals surface area contributed by atoms with Crippen molar-refractivity contribution in [3.05, 3.63) is 97.3 Å². The molecule has 3 aromatic carbocycles. The Bertz CT molecular complexity index is 1640. The van der Waals surface area contributed by atoms with Gasteiger partial charge in [0, 0.05) is 44.7 Å². The lowest BCUT2D eigenvalue weighted by atomic mass is 9.98. The lowest BCUT2D eigenvalue weighted by molar-refractivity contribution is -0.111. The van der Waals surface area contributed by atoms with Crippen LogP contribution < -0.4 is 25.3 Å². The van der Waals surface area contributed by atoms with Crippen LogP contribution >= 0.6 is 0 Å². The topological polar surface area (TPSA) is 95.1 Å². The van der Waals surface area contributed by atoms with Gasteiger partial charge in [-0.1, -0.05) is 62.0 Å². The fourth-order valence-electron chi connectivity index (χ4n) is 5.91. The van der Waals surface area contributed by atoms with Crippen LogP contribution in [0.2, 0.25) is 0 Å². The first-order chi connectivity index (χ1) is 22.1. The smallest absolute Gasteiger partial charge is 0.247 e. The number of carbonyl (C=O) groups is 1. The maximum absolute atomic E-state index is 12.4. The molecule has 2 aliphatic heterocycles. The van der Waals surface area contributed by atoms with Crippen molar-refractivity contribution in [2.24, 2.45) is 0 Å². The molecule has 2 aliphatic rings. The molecule has 6 rings (SSSR count). The number of hydrogen-bond acceptors (Lipinski definition) is 9. The predicted molar refractivity (Wildman–Crippen MR) is 179 cm³/mol. The molecule has 2 N–H and O–H groups in total. The summed E-state index contributed by atoms with van der Waals surface area (Å²) in [7, 11) is 1.64. The third-order valence-electron chi connectivity index (χ3n) is 8.35. The molecular formula is C35H39N7O3. The first-order valence-corrected chi connectivity index (χ1v) is 15.4. The van der Waals surface area contributed by atoms with Crippen LogP contribution in [0.4, 0.5) is 28.7 Å². The number of likely N-dealkylation sites (N-methyl/N-ethyl adjacent to an activating group) is 1. The van der Waals surface area contributed by atoms with Crippen LogP contribution in [0.3, 0.4) is 0 Å². The first kappa shape index (κ1) is 30.1. The number of rotatable bonds is 10. The lowest BCUT2D eigenvalue weighted by Crippen LogP contribution is -2.46. The van der Waals surface area contributed by atoms with Crippen LogP contribution in [0.25, 0.3) is 11.1 Å². The van der Waals surface area contributed by atoms with Crippen LogP contribution in [0, 0.1) is 0 Å². The molecule has 0 radical (unpaired) electrons. The highest BCUT2D eigenvalue weighted by molar-refractivity contribution is 6.02. The fourth-order valence-corrected chi connectivity index (χ4v) is 5.91. The molecule has 2 saturated heterocycles. The van der Waals surface area contributed by atoms with Crippen LogP contribution in [0.1, 0.15) is 24.9 Å². The molecule has 0 bridgehead atoms. The van der Waals surface area contributed by atoms with Gasteiger partial charge in [0.25, 0.3) is 0 Å². The minimum absolute atomic E-state index is 0.000810. The van der Waals surface area contributed by atoms with Gasteiger partial charge in [-0.15, -0.1) is 0 Å². The summed E-state index contributed by atoms with van der Waals surface area (Å²) in [6, 6.07) is 24.6. The Balaban J connectivity index is 1.27. The monoisotopic (exact) mass is 605 g/mol. The normalized spacial score (nSPS) is 16.8. The molecular weight excluding hydrogens is 566 g/mol. The van der Waals surface area contributed by atoms with E-state index in [1.165, 1.54) is 18.0 Å². The first-order valence-electron chi connectivity index (χ1n) is 15.4. The minimum atomic E-state index is -0.280. The van der Waals surface area contributed by atoms with Crippen molar-refractivity contribution in [1.82, 2.24) is 14.9 Å². The molecule has 3 heterocycles. The van der Waals surface area contributed by atoms with E-state index in [0.717, 1.165) is 56.0 Å². The second-order valence-corrected chi connectivity index (χ2v) is 11.0. The average molecular weight is 606 g/mol. The minimum Gasteiger partial charge on any atom is -0.494 e. The number of carbonyl (C=O) groups excluding carboxylic acids is 1. The lowest BCUT2D eigenvalue weighted by Gasteiger charge is -2.36. The molecule has 1 aromatic heterocycles. The van der Waals surface area contributed by atoms with Crippen LogP contribution in [-0.4, -0.2) is 67.2 Å². The van der Waals surface area contributed by atoms with E-state index >= 15 is 0 Å². The number of ether oxygens (including phenoxy) is 1. The summed E-state index contributed by atoms with van der Waals surface area (Å²) >= 11 is 0. The van der Waals surface area contributed by atoms with Gasteiger partial charge in [0.15, 0.2) is 5.82 Å². The third-order valence-corrected chi connectivity index (χ3v) is 8.35. The van der Waals surface area contributed by atoms with Crippen molar-refractivity contribution in [3.8, 4) is 16.9 Å². The zero-order valence-electron chi connectivity index (χ0n) is 25.8. The van der Waals surface area contributed by atoms with Gasteiger partial charge in [0.2, 0.25) is 5.91 Å². The van der Waals surface area contributed by atoms with Crippen molar-refractivity contribution in [2.45, 2.75) is 19.4 Å². The number of aromatic nitrogens is 2. The molecule has 4 aromatic rings. The van der Waals surface area contributed by atoms with Gasteiger partial charge in [-0.3, -0.25) is 9.63 Å². The van der Waals surface area contributed by atoms with Crippen molar-refractivity contribution in [1.29, 1.82) is 0 Å². The number of anilines is 5.